The van der Waals surface area contributed by atoms with Gasteiger partial charge in [-0.1, -0.05) is 0 Å². The van der Waals surface area contributed by atoms with E-state index in [4.69, 9.17) is 14.5 Å². The van der Waals surface area contributed by atoms with Gasteiger partial charge < -0.3 is 24.7 Å². The first kappa shape index (κ1) is 29.3. The molecular formula is C31H32FN7O4. The first-order chi connectivity index (χ1) is 20.7. The van der Waals surface area contributed by atoms with E-state index in [1.54, 1.807) is 48.0 Å². The number of likely N-dealkylation sites (N-methyl/N-ethyl adjacent to an activating group) is 1. The van der Waals surface area contributed by atoms with Gasteiger partial charge in [-0.3, -0.25) is 9.69 Å². The van der Waals surface area contributed by atoms with E-state index < -0.39 is 17.9 Å². The molecule has 43 heavy (non-hydrogen) atoms. The molecule has 1 N–H and O–H groups in total. The van der Waals surface area contributed by atoms with Crippen molar-refractivity contribution in [1.29, 1.82) is 5.26 Å². The quantitative estimate of drug-likeness (QED) is 0.345. The number of ether oxygens (including phenoxy) is 2. The zero-order valence-electron chi connectivity index (χ0n) is 24.4. The molecule has 1 aromatic heterocycles. The van der Waals surface area contributed by atoms with Crippen LogP contribution in [-0.2, 0) is 0 Å². The molecule has 1 unspecified atom stereocenters. The summed E-state index contributed by atoms with van der Waals surface area (Å²) in [7, 11) is 5.03. The molecule has 5 rings (SSSR count). The number of urea groups is 1. The third kappa shape index (κ3) is 5.93. The number of nitrogens with zero attached hydrogens (tertiary/aromatic N) is 6. The number of rotatable bonds is 7. The van der Waals surface area contributed by atoms with Crippen molar-refractivity contribution in [2.75, 3.05) is 62.7 Å². The molecule has 11 nitrogen and oxygen atoms in total. The fourth-order valence-electron chi connectivity index (χ4n) is 5.11. The van der Waals surface area contributed by atoms with Crippen molar-refractivity contribution >= 4 is 28.3 Å². The number of aromatic nitrogens is 2. The molecule has 2 amide bonds. The van der Waals surface area contributed by atoms with E-state index in [1.165, 1.54) is 43.4 Å². The number of piperazine rings is 1. The fourth-order valence-corrected chi connectivity index (χ4v) is 5.11. The topological polar surface area (TPSA) is 116 Å². The van der Waals surface area contributed by atoms with E-state index in [0.29, 0.717) is 58.3 Å². The van der Waals surface area contributed by atoms with Crippen LogP contribution in [0.2, 0.25) is 0 Å². The second-order valence-corrected chi connectivity index (χ2v) is 10.2. The lowest BCUT2D eigenvalue weighted by Gasteiger charge is -2.38. The SMILES string of the molecule is COc1ccc(N(C(=O)Nc2ccc(F)cc2)C(C)c2nc3cc(C#N)ccc3c(=O)n2N2CCN(C)CC2)c(OC)c1. The van der Waals surface area contributed by atoms with Crippen LogP contribution in [0.1, 0.15) is 24.4 Å². The van der Waals surface area contributed by atoms with E-state index >= 15 is 0 Å². The summed E-state index contributed by atoms with van der Waals surface area (Å²) in [6.07, 6.45) is 0. The maximum atomic E-state index is 14.1. The molecule has 1 saturated heterocycles. The minimum Gasteiger partial charge on any atom is -0.497 e. The van der Waals surface area contributed by atoms with Crippen LogP contribution >= 0.6 is 0 Å². The number of nitrogens with one attached hydrogen (secondary N) is 1. The van der Waals surface area contributed by atoms with E-state index in [0.717, 1.165) is 13.1 Å². The molecule has 222 valence electrons. The van der Waals surface area contributed by atoms with Crippen molar-refractivity contribution in [3.63, 3.8) is 0 Å². The van der Waals surface area contributed by atoms with Crippen molar-refractivity contribution in [1.82, 2.24) is 14.6 Å². The Morgan fingerprint density at radius 2 is 1.77 bits per heavy atom. The minimum atomic E-state index is -0.828. The van der Waals surface area contributed by atoms with E-state index in [9.17, 15) is 19.2 Å². The second kappa shape index (κ2) is 12.4. The van der Waals surface area contributed by atoms with Crippen molar-refractivity contribution in [2.45, 2.75) is 13.0 Å². The number of carbonyl (C=O) groups is 1. The van der Waals surface area contributed by atoms with Gasteiger partial charge in [-0.05, 0) is 68.6 Å². The van der Waals surface area contributed by atoms with Crippen LogP contribution in [0, 0.1) is 17.1 Å². The monoisotopic (exact) mass is 585 g/mol. The number of halogens is 1. The van der Waals surface area contributed by atoms with Crippen LogP contribution in [0.4, 0.5) is 20.6 Å². The number of amides is 2. The Balaban J connectivity index is 1.70. The summed E-state index contributed by atoms with van der Waals surface area (Å²) >= 11 is 0. The van der Waals surface area contributed by atoms with Gasteiger partial charge in [-0.2, -0.15) is 5.26 Å². The highest BCUT2D eigenvalue weighted by molar-refractivity contribution is 6.03. The molecule has 1 fully saturated rings. The van der Waals surface area contributed by atoms with E-state index in [1.807, 2.05) is 12.1 Å². The summed E-state index contributed by atoms with van der Waals surface area (Å²) in [6.45, 7) is 4.35. The van der Waals surface area contributed by atoms with Gasteiger partial charge in [0.2, 0.25) is 0 Å². The number of anilines is 2. The van der Waals surface area contributed by atoms with Crippen LogP contribution in [0.25, 0.3) is 10.9 Å². The zero-order valence-corrected chi connectivity index (χ0v) is 24.4. The summed E-state index contributed by atoms with van der Waals surface area (Å²) < 4.78 is 26.2. The summed E-state index contributed by atoms with van der Waals surface area (Å²) in [4.78, 5) is 36.7. The molecule has 0 spiro atoms. The van der Waals surface area contributed by atoms with E-state index in [-0.39, 0.29) is 5.56 Å². The smallest absolute Gasteiger partial charge is 0.327 e. The molecule has 4 aromatic rings. The second-order valence-electron chi connectivity index (χ2n) is 10.2. The Kier molecular flexibility index (Phi) is 8.45. The summed E-state index contributed by atoms with van der Waals surface area (Å²) in [5.74, 6) is 0.730. The van der Waals surface area contributed by atoms with Crippen LogP contribution < -0.4 is 30.3 Å². The molecule has 2 heterocycles. The average molecular weight is 586 g/mol. The number of carbonyl (C=O) groups excluding carboxylic acids is 1. The molecule has 1 atom stereocenters. The highest BCUT2D eigenvalue weighted by Crippen LogP contribution is 2.37. The van der Waals surface area contributed by atoms with Gasteiger partial charge in [0.05, 0.1) is 48.5 Å². The number of hydrogen-bond acceptors (Lipinski definition) is 8. The predicted molar refractivity (Wildman–Crippen MR) is 162 cm³/mol. The van der Waals surface area contributed by atoms with Gasteiger partial charge in [0.1, 0.15) is 17.3 Å². The maximum Gasteiger partial charge on any atom is 0.327 e. The van der Waals surface area contributed by atoms with Gasteiger partial charge in [0.25, 0.3) is 5.56 Å². The highest BCUT2D eigenvalue weighted by atomic mass is 19.1. The van der Waals surface area contributed by atoms with Gasteiger partial charge in [-0.15, -0.1) is 0 Å². The van der Waals surface area contributed by atoms with Crippen molar-refractivity contribution in [3.8, 4) is 17.6 Å². The van der Waals surface area contributed by atoms with Crippen LogP contribution in [0.3, 0.4) is 0 Å². The highest BCUT2D eigenvalue weighted by Gasteiger charge is 2.32. The third-order valence-corrected chi connectivity index (χ3v) is 7.49. The molecule has 0 saturated carbocycles. The number of benzene rings is 3. The molecule has 12 heteroatoms. The molecular weight excluding hydrogens is 553 g/mol. The lowest BCUT2D eigenvalue weighted by molar-refractivity contribution is 0.253. The summed E-state index contributed by atoms with van der Waals surface area (Å²) in [5, 5.41) is 14.6. The summed E-state index contributed by atoms with van der Waals surface area (Å²) in [6, 6.07) is 15.9. The Labute approximate surface area is 248 Å². The molecule has 0 bridgehead atoms. The van der Waals surface area contributed by atoms with Crippen molar-refractivity contribution in [2.24, 2.45) is 0 Å². The van der Waals surface area contributed by atoms with Gasteiger partial charge in [-0.25, -0.2) is 18.8 Å². The fraction of sp³-hybridized carbons (Fsp3) is 0.290. The number of nitriles is 1. The third-order valence-electron chi connectivity index (χ3n) is 7.49. The van der Waals surface area contributed by atoms with Crippen molar-refractivity contribution in [3.05, 3.63) is 88.2 Å². The molecule has 1 aliphatic rings. The zero-order chi connectivity index (χ0) is 30.7. The maximum absolute atomic E-state index is 14.1. The molecule has 0 radical (unpaired) electrons. The molecule has 1 aliphatic heterocycles. The van der Waals surface area contributed by atoms with E-state index in [2.05, 4.69) is 16.3 Å². The molecule has 0 aliphatic carbocycles. The Hall–Kier alpha value is -5.15. The number of hydrogen-bond donors (Lipinski definition) is 1. The standard InChI is InChI=1S/C31H32FN7O4/c1-20(29-35-26-17-21(19-33)5-11-25(26)30(40)39(29)37-15-13-36(2)14-16-37)38(27-12-10-24(42-3)18-28(27)43-4)31(41)34-23-8-6-22(32)7-9-23/h5-12,17-18,20H,13-16H2,1-4H3,(H,34,41). The minimum absolute atomic E-state index is 0.296. The lowest BCUT2D eigenvalue weighted by Crippen LogP contribution is -2.55. The van der Waals surface area contributed by atoms with Crippen molar-refractivity contribution < 1.29 is 18.7 Å². The summed E-state index contributed by atoms with van der Waals surface area (Å²) in [5.41, 5.74) is 1.16. The van der Waals surface area contributed by atoms with Crippen LogP contribution in [0.15, 0.2) is 65.5 Å². The molecule has 3 aromatic carbocycles. The lowest BCUT2D eigenvalue weighted by atomic mass is 10.1. The number of methoxy groups -OCH3 is 2. The Morgan fingerprint density at radius 1 is 1.05 bits per heavy atom. The first-order valence-corrected chi connectivity index (χ1v) is 13.7. The predicted octanol–water partition coefficient (Wildman–Crippen LogP) is 4.11. The van der Waals surface area contributed by atoms with Crippen LogP contribution in [0.5, 0.6) is 11.5 Å². The Morgan fingerprint density at radius 3 is 2.42 bits per heavy atom. The van der Waals surface area contributed by atoms with Gasteiger partial charge in [0, 0.05) is 37.9 Å². The number of fused-ring (bicyclic) bond motifs is 1. The Bertz CT molecular complexity index is 1740. The van der Waals surface area contributed by atoms with Gasteiger partial charge >= 0.3 is 6.03 Å². The normalized spacial score (nSPS) is 14.2. The van der Waals surface area contributed by atoms with Gasteiger partial charge in [0.15, 0.2) is 5.82 Å². The van der Waals surface area contributed by atoms with Crippen LogP contribution in [-0.4, -0.2) is 68.0 Å². The largest absolute Gasteiger partial charge is 0.497 e. The average Bonchev–Trinajstić information content (AvgIpc) is 3.02. The first-order valence-electron chi connectivity index (χ1n) is 13.7.